The second-order valence-corrected chi connectivity index (χ2v) is 17.8. The molecule has 11 nitrogen and oxygen atoms in total. The van der Waals surface area contributed by atoms with Crippen LogP contribution in [0.15, 0.2) is 51.9 Å². The van der Waals surface area contributed by atoms with Crippen LogP contribution in [0.2, 0.25) is 0 Å². The molecule has 4 aliphatic carbocycles. The zero-order valence-corrected chi connectivity index (χ0v) is 28.5. The van der Waals surface area contributed by atoms with E-state index in [-0.39, 0.29) is 52.9 Å². The van der Waals surface area contributed by atoms with Gasteiger partial charge in [-0.25, -0.2) is 22.3 Å². The minimum Gasteiger partial charge on any atom is -0.443 e. The maximum Gasteiger partial charge on any atom is 0.407 e. The van der Waals surface area contributed by atoms with Gasteiger partial charge in [0.25, 0.3) is 0 Å². The summed E-state index contributed by atoms with van der Waals surface area (Å²) in [6, 6.07) is 5.15. The van der Waals surface area contributed by atoms with Gasteiger partial charge in [0.15, 0.2) is 11.5 Å². The van der Waals surface area contributed by atoms with Gasteiger partial charge in [0.1, 0.15) is 11.9 Å². The fourth-order valence-electron chi connectivity index (χ4n) is 7.58. The monoisotopic (exact) mass is 702 g/mol. The first kappa shape index (κ1) is 32.7. The molecule has 9 atom stereocenters. The normalized spacial score (nSPS) is 34.0. The fourth-order valence-corrected chi connectivity index (χ4v) is 10.2. The third-order valence-corrected chi connectivity index (χ3v) is 13.4. The van der Waals surface area contributed by atoms with E-state index in [0.717, 1.165) is 49.3 Å². The molecule has 0 aromatic heterocycles. The molecular formula is C34H43FN4O7S2. The summed E-state index contributed by atoms with van der Waals surface area (Å²) < 4.78 is 61.8. The van der Waals surface area contributed by atoms with Gasteiger partial charge in [-0.2, -0.15) is 0 Å². The average Bonchev–Trinajstić information content (AvgIpc) is 3.94. The number of aliphatic hydroxyl groups is 1. The van der Waals surface area contributed by atoms with Crippen LogP contribution in [0, 0.1) is 23.1 Å². The van der Waals surface area contributed by atoms with Gasteiger partial charge in [0.2, 0.25) is 10.0 Å². The Balaban J connectivity index is 0.960. The van der Waals surface area contributed by atoms with Gasteiger partial charge >= 0.3 is 6.09 Å². The van der Waals surface area contributed by atoms with Crippen molar-refractivity contribution in [3.8, 4) is 0 Å². The van der Waals surface area contributed by atoms with Crippen LogP contribution in [0.3, 0.4) is 0 Å². The summed E-state index contributed by atoms with van der Waals surface area (Å²) >= 11 is 1.55. The summed E-state index contributed by atoms with van der Waals surface area (Å²) in [7, 11) is -4.04. The van der Waals surface area contributed by atoms with E-state index >= 15 is 0 Å². The summed E-state index contributed by atoms with van der Waals surface area (Å²) in [6.45, 7) is 2.27. The number of nitrogens with zero attached hydrogens (tertiary/aromatic N) is 1. The van der Waals surface area contributed by atoms with Crippen molar-refractivity contribution >= 4 is 33.0 Å². The first-order valence-corrected chi connectivity index (χ1v) is 19.5. The molecular weight excluding hydrogens is 660 g/mol. The lowest BCUT2D eigenvalue weighted by Gasteiger charge is -2.37. The van der Waals surface area contributed by atoms with Crippen LogP contribution in [0.25, 0.3) is 0 Å². The quantitative estimate of drug-likeness (QED) is 0.257. The topological polar surface area (TPSA) is 148 Å². The number of carbonyl (C=O) groups excluding carboxylic acids is 1. The van der Waals surface area contributed by atoms with Crippen LogP contribution in [-0.2, 0) is 30.7 Å². The number of benzene rings is 1. The molecule has 0 radical (unpaired) electrons. The molecule has 7 unspecified atom stereocenters. The minimum atomic E-state index is -4.04. The number of rotatable bonds is 12. The lowest BCUT2D eigenvalue weighted by atomic mass is 9.78. The lowest BCUT2D eigenvalue weighted by Crippen LogP contribution is -2.52. The second-order valence-electron chi connectivity index (χ2n) is 14.9. The zero-order chi connectivity index (χ0) is 33.2. The number of allylic oxidation sites excluding steroid dienone is 1. The molecule has 3 saturated carbocycles. The smallest absolute Gasteiger partial charge is 0.407 e. The molecule has 7 aliphatic rings. The van der Waals surface area contributed by atoms with Crippen molar-refractivity contribution in [3.63, 3.8) is 0 Å². The number of halogens is 1. The number of amides is 1. The number of amidine groups is 1. The molecule has 260 valence electrons. The Kier molecular flexibility index (Phi) is 8.64. The van der Waals surface area contributed by atoms with Gasteiger partial charge in [-0.05, 0) is 86.1 Å². The maximum absolute atomic E-state index is 13.9. The van der Waals surface area contributed by atoms with E-state index in [1.165, 1.54) is 12.1 Å². The largest absolute Gasteiger partial charge is 0.443 e. The molecule has 3 bridgehead atoms. The fraction of sp³-hybridized carbons (Fsp3) is 0.647. The van der Waals surface area contributed by atoms with E-state index in [0.29, 0.717) is 30.6 Å². The van der Waals surface area contributed by atoms with Gasteiger partial charge in [0, 0.05) is 24.4 Å². The SMILES string of the molecule is CC1(CC2=CC3N=C(NC4CC4)SC3C=C2S(=O)(=O)NC[C@@H](O)[C@H](Cc2ccc(F)cc2)NC(=O)OC2C3COC4OC2CC4C3)CC1. The zero-order valence-electron chi connectivity index (χ0n) is 26.8. The molecule has 3 heterocycles. The lowest BCUT2D eigenvalue weighted by molar-refractivity contribution is -0.153. The number of sulfonamides is 1. The van der Waals surface area contributed by atoms with Crippen molar-refractivity contribution in [1.29, 1.82) is 0 Å². The highest BCUT2D eigenvalue weighted by Gasteiger charge is 2.54. The van der Waals surface area contributed by atoms with Crippen molar-refractivity contribution in [1.82, 2.24) is 15.4 Å². The Hall–Kier alpha value is -2.49. The van der Waals surface area contributed by atoms with E-state index in [1.54, 1.807) is 30.0 Å². The van der Waals surface area contributed by atoms with E-state index < -0.39 is 40.2 Å². The van der Waals surface area contributed by atoms with Gasteiger partial charge in [-0.1, -0.05) is 36.9 Å². The number of aliphatic imine (C=N–C) groups is 1. The first-order valence-electron chi connectivity index (χ1n) is 17.1. The molecule has 1 aromatic rings. The van der Waals surface area contributed by atoms with Gasteiger partial charge in [-0.15, -0.1) is 0 Å². The van der Waals surface area contributed by atoms with Crippen LogP contribution < -0.4 is 15.4 Å². The first-order chi connectivity index (χ1) is 23.0. The van der Waals surface area contributed by atoms with Crippen molar-refractivity contribution in [2.75, 3.05) is 13.2 Å². The summed E-state index contributed by atoms with van der Waals surface area (Å²) in [5.41, 5.74) is 1.48. The van der Waals surface area contributed by atoms with Gasteiger partial charge < -0.3 is 30.0 Å². The maximum atomic E-state index is 13.9. The molecule has 48 heavy (non-hydrogen) atoms. The van der Waals surface area contributed by atoms with E-state index in [9.17, 15) is 22.7 Å². The highest BCUT2D eigenvalue weighted by Crippen LogP contribution is 2.52. The van der Waals surface area contributed by atoms with Gasteiger partial charge in [0.05, 0.1) is 41.1 Å². The Bertz CT molecular complexity index is 1620. The summed E-state index contributed by atoms with van der Waals surface area (Å²) in [5, 5.41) is 18.3. The standard InChI is InChI=1S/C34H43FN4O7S2/c1-34(8-9-34)15-20-12-25-28(47-32(38-25)37-23-6-7-23)14-29(20)48(42,43)36-16-26(40)24(10-18-2-4-22(35)5-3-18)39-33(41)46-30-21-11-19-13-27(30)45-31(19)44-17-21/h2-5,12,14,19,21,23-28,30-31,36,40H,6-11,13,15-17H2,1H3,(H,37,38)(H,39,41)/t19?,21?,24-,25?,26+,27?,28?,30?,31?/m0/s1. The summed E-state index contributed by atoms with van der Waals surface area (Å²) in [5.74, 6) is -0.0712. The molecule has 8 rings (SSSR count). The Labute approximate surface area is 284 Å². The van der Waals surface area contributed by atoms with E-state index in [4.69, 9.17) is 19.2 Å². The molecule has 3 aliphatic heterocycles. The number of hydrogen-bond donors (Lipinski definition) is 4. The van der Waals surface area contributed by atoms with Crippen LogP contribution >= 0.6 is 11.8 Å². The molecule has 1 aromatic carbocycles. The van der Waals surface area contributed by atoms with Gasteiger partial charge in [-0.3, -0.25) is 4.99 Å². The van der Waals surface area contributed by atoms with E-state index in [2.05, 4.69) is 22.3 Å². The molecule has 5 fully saturated rings. The number of ether oxygens (including phenoxy) is 3. The minimum absolute atomic E-state index is 0.0260. The number of thioether (sulfide) groups is 1. The number of nitrogens with one attached hydrogen (secondary N) is 3. The highest BCUT2D eigenvalue weighted by atomic mass is 32.2. The van der Waals surface area contributed by atoms with Crippen molar-refractivity contribution in [3.05, 3.63) is 58.3 Å². The molecule has 2 saturated heterocycles. The second kappa shape index (κ2) is 12.7. The Morgan fingerprint density at radius 3 is 2.73 bits per heavy atom. The molecule has 14 heteroatoms. The van der Waals surface area contributed by atoms with Crippen LogP contribution in [-0.4, -0.2) is 85.9 Å². The Morgan fingerprint density at radius 1 is 1.19 bits per heavy atom. The predicted molar refractivity (Wildman–Crippen MR) is 178 cm³/mol. The summed E-state index contributed by atoms with van der Waals surface area (Å²) in [4.78, 5) is 18.4. The molecule has 1 amide bonds. The number of aliphatic hydroxyl groups excluding tert-OH is 1. The molecule has 4 N–H and O–H groups in total. The molecule has 0 spiro atoms. The third kappa shape index (κ3) is 7.06. The third-order valence-electron chi connectivity index (χ3n) is 10.8. The van der Waals surface area contributed by atoms with E-state index in [1.807, 2.05) is 6.08 Å². The number of fused-ring (bicyclic) bond motifs is 3. The predicted octanol–water partition coefficient (Wildman–Crippen LogP) is 3.50. The van der Waals surface area contributed by atoms with Crippen molar-refractivity contribution < 1.29 is 36.9 Å². The van der Waals surface area contributed by atoms with Crippen molar-refractivity contribution in [2.24, 2.45) is 22.2 Å². The van der Waals surface area contributed by atoms with Crippen LogP contribution in [0.4, 0.5) is 9.18 Å². The highest BCUT2D eigenvalue weighted by molar-refractivity contribution is 8.14. The summed E-state index contributed by atoms with van der Waals surface area (Å²) in [6.07, 6.45) is 7.49. The number of carbonyl (C=O) groups is 1. The number of alkyl carbamates (subject to hydrolysis) is 1. The van der Waals surface area contributed by atoms with Crippen molar-refractivity contribution in [2.45, 2.75) is 106 Å². The number of hydrogen-bond acceptors (Lipinski definition) is 10. The average molecular weight is 703 g/mol. The van der Waals surface area contributed by atoms with Crippen LogP contribution in [0.5, 0.6) is 0 Å². The Morgan fingerprint density at radius 2 is 1.98 bits per heavy atom. The van der Waals surface area contributed by atoms with Crippen LogP contribution in [0.1, 0.15) is 57.4 Å².